The Hall–Kier alpha value is -0.900. The zero-order chi connectivity index (χ0) is 12.0. The number of hydrogen-bond donors (Lipinski definition) is 2. The summed E-state index contributed by atoms with van der Waals surface area (Å²) in [6.07, 6.45) is 11.4. The van der Waals surface area contributed by atoms with Crippen LogP contribution in [0.1, 0.15) is 13.3 Å². The van der Waals surface area contributed by atoms with E-state index in [1.165, 1.54) is 0 Å². The molecule has 0 aliphatic heterocycles. The van der Waals surface area contributed by atoms with Crippen molar-refractivity contribution in [2.45, 2.75) is 25.0 Å². The van der Waals surface area contributed by atoms with Gasteiger partial charge in [0.1, 0.15) is 5.60 Å². The molecule has 3 nitrogen and oxygen atoms in total. The average molecular weight is 224 g/mol. The molecule has 1 rings (SSSR count). The van der Waals surface area contributed by atoms with Gasteiger partial charge in [0, 0.05) is 7.11 Å². The summed E-state index contributed by atoms with van der Waals surface area (Å²) in [5, 5.41) is 19.0. The summed E-state index contributed by atoms with van der Waals surface area (Å²) < 4.78 is 5.32. The summed E-state index contributed by atoms with van der Waals surface area (Å²) in [7, 11) is 1.60. The molecule has 0 amide bonds. The van der Waals surface area contributed by atoms with Crippen molar-refractivity contribution in [2.75, 3.05) is 13.7 Å². The smallest absolute Gasteiger partial charge is 0.127 e. The fourth-order valence-corrected chi connectivity index (χ4v) is 1.99. The molecule has 0 spiro atoms. The molecule has 0 saturated heterocycles. The van der Waals surface area contributed by atoms with Crippen LogP contribution in [0.5, 0.6) is 0 Å². The van der Waals surface area contributed by atoms with Crippen molar-refractivity contribution < 1.29 is 14.9 Å². The zero-order valence-electron chi connectivity index (χ0n) is 9.84. The Morgan fingerprint density at radius 1 is 1.56 bits per heavy atom. The van der Waals surface area contributed by atoms with E-state index in [0.29, 0.717) is 6.42 Å². The highest BCUT2D eigenvalue weighted by molar-refractivity contribution is 5.23. The van der Waals surface area contributed by atoms with Gasteiger partial charge in [-0.3, -0.25) is 0 Å². The van der Waals surface area contributed by atoms with Crippen molar-refractivity contribution in [3.63, 3.8) is 0 Å². The molecule has 1 aliphatic rings. The quantitative estimate of drug-likeness (QED) is 0.710. The maximum Gasteiger partial charge on any atom is 0.127 e. The van der Waals surface area contributed by atoms with Gasteiger partial charge in [-0.2, -0.15) is 0 Å². The van der Waals surface area contributed by atoms with Gasteiger partial charge in [-0.15, -0.1) is 0 Å². The van der Waals surface area contributed by atoms with Crippen molar-refractivity contribution in [3.05, 3.63) is 36.5 Å². The minimum absolute atomic E-state index is 0.0428. The van der Waals surface area contributed by atoms with Crippen LogP contribution in [0.25, 0.3) is 0 Å². The molecule has 0 bridgehead atoms. The number of hydrogen-bond acceptors (Lipinski definition) is 3. The molecule has 3 heteroatoms. The van der Waals surface area contributed by atoms with E-state index in [9.17, 15) is 5.11 Å². The molecule has 0 aromatic heterocycles. The maximum absolute atomic E-state index is 10.3. The number of methoxy groups -OCH3 is 1. The van der Waals surface area contributed by atoms with Crippen LogP contribution in [-0.4, -0.2) is 35.6 Å². The van der Waals surface area contributed by atoms with E-state index in [2.05, 4.69) is 0 Å². The Morgan fingerprint density at radius 2 is 2.31 bits per heavy atom. The molecule has 0 fully saturated rings. The molecule has 0 aromatic carbocycles. The lowest BCUT2D eigenvalue weighted by molar-refractivity contribution is -0.0456. The van der Waals surface area contributed by atoms with Crippen LogP contribution < -0.4 is 0 Å². The van der Waals surface area contributed by atoms with Crippen LogP contribution >= 0.6 is 0 Å². The normalized spacial score (nSPS) is 35.2. The van der Waals surface area contributed by atoms with Gasteiger partial charge in [0.25, 0.3) is 0 Å². The lowest BCUT2D eigenvalue weighted by Gasteiger charge is -2.35. The highest BCUT2D eigenvalue weighted by atomic mass is 16.5. The molecule has 3 atom stereocenters. The van der Waals surface area contributed by atoms with E-state index in [4.69, 9.17) is 9.84 Å². The largest absolute Gasteiger partial charge is 0.392 e. The van der Waals surface area contributed by atoms with Gasteiger partial charge in [0.15, 0.2) is 0 Å². The van der Waals surface area contributed by atoms with Gasteiger partial charge in [-0.1, -0.05) is 36.5 Å². The Morgan fingerprint density at radius 3 is 2.88 bits per heavy atom. The van der Waals surface area contributed by atoms with Crippen molar-refractivity contribution in [1.29, 1.82) is 0 Å². The van der Waals surface area contributed by atoms with E-state index >= 15 is 0 Å². The van der Waals surface area contributed by atoms with Gasteiger partial charge < -0.3 is 14.9 Å². The summed E-state index contributed by atoms with van der Waals surface area (Å²) >= 11 is 0. The zero-order valence-corrected chi connectivity index (χ0v) is 9.84. The summed E-state index contributed by atoms with van der Waals surface area (Å²) in [5.74, 6) is 0.211. The summed E-state index contributed by atoms with van der Waals surface area (Å²) in [4.78, 5) is 0. The third kappa shape index (κ3) is 3.04. The SMILES string of the molecule is CC=CC1(O)C=C[C@H](/C=C/CO)C[C@H]1OC. The standard InChI is InChI=1S/C13H20O3/c1-3-7-13(15)8-6-11(5-4-9-14)10-12(13)16-2/h3-8,11-12,14-15H,9-10H2,1-2H3/b5-4+,7-3?/t11-,12+,13?/m0/s1. The molecule has 0 radical (unpaired) electrons. The maximum atomic E-state index is 10.3. The first-order chi connectivity index (χ1) is 7.66. The van der Waals surface area contributed by atoms with Crippen LogP contribution in [0.4, 0.5) is 0 Å². The molecule has 90 valence electrons. The van der Waals surface area contributed by atoms with E-state index in [-0.39, 0.29) is 18.6 Å². The topological polar surface area (TPSA) is 49.7 Å². The molecule has 2 N–H and O–H groups in total. The van der Waals surface area contributed by atoms with Gasteiger partial charge in [0.2, 0.25) is 0 Å². The summed E-state index contributed by atoms with van der Waals surface area (Å²) in [6, 6.07) is 0. The number of aliphatic hydroxyl groups excluding tert-OH is 1. The minimum Gasteiger partial charge on any atom is -0.392 e. The van der Waals surface area contributed by atoms with Crippen LogP contribution in [0, 0.1) is 5.92 Å². The lowest BCUT2D eigenvalue weighted by atomic mass is 9.82. The number of aliphatic hydroxyl groups is 2. The first-order valence-electron chi connectivity index (χ1n) is 5.52. The van der Waals surface area contributed by atoms with Gasteiger partial charge in [-0.05, 0) is 19.3 Å². The lowest BCUT2D eigenvalue weighted by Crippen LogP contribution is -2.43. The van der Waals surface area contributed by atoms with Crippen LogP contribution in [-0.2, 0) is 4.74 Å². The molecular weight excluding hydrogens is 204 g/mol. The van der Waals surface area contributed by atoms with Crippen LogP contribution in [0.15, 0.2) is 36.5 Å². The number of allylic oxidation sites excluding steroid dienone is 3. The van der Waals surface area contributed by atoms with Gasteiger partial charge in [0.05, 0.1) is 12.7 Å². The molecule has 1 unspecified atom stereocenters. The third-order valence-electron chi connectivity index (χ3n) is 2.82. The molecule has 0 heterocycles. The van der Waals surface area contributed by atoms with Gasteiger partial charge >= 0.3 is 0 Å². The minimum atomic E-state index is -1.01. The predicted octanol–water partition coefficient (Wildman–Crippen LogP) is 1.43. The van der Waals surface area contributed by atoms with Gasteiger partial charge in [-0.25, -0.2) is 0 Å². The second-order valence-electron chi connectivity index (χ2n) is 3.98. The molecular formula is C13H20O3. The Kier molecular flexibility index (Phi) is 4.93. The fraction of sp³-hybridized carbons (Fsp3) is 0.538. The molecule has 16 heavy (non-hydrogen) atoms. The van der Waals surface area contributed by atoms with E-state index in [1.54, 1.807) is 25.3 Å². The molecule has 1 aliphatic carbocycles. The van der Waals surface area contributed by atoms with E-state index in [1.807, 2.05) is 25.2 Å². The van der Waals surface area contributed by atoms with Crippen LogP contribution in [0.3, 0.4) is 0 Å². The molecule has 0 aromatic rings. The first kappa shape index (κ1) is 13.2. The van der Waals surface area contributed by atoms with E-state index < -0.39 is 5.60 Å². The highest BCUT2D eigenvalue weighted by Crippen LogP contribution is 2.30. The van der Waals surface area contributed by atoms with Crippen molar-refractivity contribution in [2.24, 2.45) is 5.92 Å². The van der Waals surface area contributed by atoms with Crippen molar-refractivity contribution >= 4 is 0 Å². The fourth-order valence-electron chi connectivity index (χ4n) is 1.99. The Bertz CT molecular complexity index is 294. The van der Waals surface area contributed by atoms with E-state index in [0.717, 1.165) is 0 Å². The predicted molar refractivity (Wildman–Crippen MR) is 64.0 cm³/mol. The first-order valence-corrected chi connectivity index (χ1v) is 5.52. The van der Waals surface area contributed by atoms with Crippen LogP contribution in [0.2, 0.25) is 0 Å². The molecule has 0 saturated carbocycles. The number of ether oxygens (including phenoxy) is 1. The summed E-state index contributed by atoms with van der Waals surface area (Å²) in [6.45, 7) is 1.91. The third-order valence-corrected chi connectivity index (χ3v) is 2.82. The monoisotopic (exact) mass is 224 g/mol. The second-order valence-corrected chi connectivity index (χ2v) is 3.98. The second kappa shape index (κ2) is 5.99. The summed E-state index contributed by atoms with van der Waals surface area (Å²) in [5.41, 5.74) is -1.01. The number of rotatable bonds is 4. The van der Waals surface area contributed by atoms with Crippen molar-refractivity contribution in [3.8, 4) is 0 Å². The Balaban J connectivity index is 2.81. The highest BCUT2D eigenvalue weighted by Gasteiger charge is 2.35. The average Bonchev–Trinajstić information content (AvgIpc) is 2.28. The van der Waals surface area contributed by atoms with Crippen molar-refractivity contribution in [1.82, 2.24) is 0 Å². The Labute approximate surface area is 96.7 Å².